The van der Waals surface area contributed by atoms with Crippen molar-refractivity contribution < 1.29 is 9.59 Å². The zero-order chi connectivity index (χ0) is 20.5. The molecule has 150 valence electrons. The normalized spacial score (nSPS) is 11.9. The van der Waals surface area contributed by atoms with Crippen molar-refractivity contribution in [2.45, 2.75) is 45.2 Å². The monoisotopic (exact) mass is 462 g/mol. The van der Waals surface area contributed by atoms with Crippen LogP contribution < -0.4 is 5.32 Å². The van der Waals surface area contributed by atoms with Crippen LogP contribution in [-0.4, -0.2) is 34.6 Å². The molecule has 0 saturated heterocycles. The summed E-state index contributed by atoms with van der Waals surface area (Å²) in [5.74, 6) is 0.944. The average molecular weight is 463 g/mol. The van der Waals surface area contributed by atoms with Crippen molar-refractivity contribution in [1.29, 1.82) is 0 Å². The number of amides is 2. The van der Waals surface area contributed by atoms with Gasteiger partial charge in [-0.05, 0) is 44.0 Å². The number of thioether (sulfide) groups is 1. The summed E-state index contributed by atoms with van der Waals surface area (Å²) in [7, 11) is 0. The van der Waals surface area contributed by atoms with Crippen LogP contribution in [0.1, 0.15) is 31.9 Å². The van der Waals surface area contributed by atoms with Crippen LogP contribution in [0.4, 0.5) is 0 Å². The Labute approximate surface area is 180 Å². The lowest BCUT2D eigenvalue weighted by Crippen LogP contribution is -2.49. The van der Waals surface area contributed by atoms with Gasteiger partial charge in [-0.25, -0.2) is 0 Å². The summed E-state index contributed by atoms with van der Waals surface area (Å²) in [5.41, 5.74) is 2.18. The van der Waals surface area contributed by atoms with Crippen molar-refractivity contribution in [3.63, 3.8) is 0 Å². The number of carbonyl (C=O) groups excluding carboxylic acids is 2. The topological polar surface area (TPSA) is 49.4 Å². The summed E-state index contributed by atoms with van der Waals surface area (Å²) < 4.78 is 0.984. The van der Waals surface area contributed by atoms with Gasteiger partial charge >= 0.3 is 0 Å². The van der Waals surface area contributed by atoms with Crippen LogP contribution in [0.15, 0.2) is 59.1 Å². The summed E-state index contributed by atoms with van der Waals surface area (Å²) >= 11 is 5.00. The molecule has 0 radical (unpaired) electrons. The van der Waals surface area contributed by atoms with Crippen molar-refractivity contribution in [3.8, 4) is 0 Å². The maximum Gasteiger partial charge on any atom is 0.242 e. The molecule has 2 amide bonds. The molecule has 0 bridgehead atoms. The third-order valence-corrected chi connectivity index (χ3v) is 5.72. The highest BCUT2D eigenvalue weighted by atomic mass is 79.9. The number of halogens is 1. The Morgan fingerprint density at radius 2 is 1.64 bits per heavy atom. The van der Waals surface area contributed by atoms with Crippen molar-refractivity contribution >= 4 is 39.5 Å². The van der Waals surface area contributed by atoms with Gasteiger partial charge in [0, 0.05) is 22.8 Å². The first kappa shape index (κ1) is 22.5. The first-order valence-electron chi connectivity index (χ1n) is 9.32. The summed E-state index contributed by atoms with van der Waals surface area (Å²) in [4.78, 5) is 27.1. The summed E-state index contributed by atoms with van der Waals surface area (Å²) in [6.07, 6.45) is 0. The third-order valence-electron chi connectivity index (χ3n) is 4.20. The first-order chi connectivity index (χ1) is 13.4. The van der Waals surface area contributed by atoms with E-state index in [9.17, 15) is 9.59 Å². The molecule has 6 heteroatoms. The van der Waals surface area contributed by atoms with Crippen molar-refractivity contribution in [3.05, 3.63) is 70.2 Å². The number of rotatable bonds is 9. The molecule has 1 N–H and O–H groups in total. The van der Waals surface area contributed by atoms with E-state index in [0.717, 1.165) is 15.8 Å². The molecule has 0 fully saturated rings. The predicted molar refractivity (Wildman–Crippen MR) is 120 cm³/mol. The molecule has 2 aromatic rings. The highest BCUT2D eigenvalue weighted by Gasteiger charge is 2.26. The number of hydrogen-bond acceptors (Lipinski definition) is 3. The molecule has 0 aromatic heterocycles. The summed E-state index contributed by atoms with van der Waals surface area (Å²) in [6.45, 7) is 6.03. The van der Waals surface area contributed by atoms with E-state index in [1.807, 2.05) is 56.3 Å². The molecule has 0 aliphatic heterocycles. The van der Waals surface area contributed by atoms with E-state index in [1.165, 1.54) is 5.56 Å². The van der Waals surface area contributed by atoms with Crippen molar-refractivity contribution in [2.24, 2.45) is 0 Å². The van der Waals surface area contributed by atoms with Gasteiger partial charge in [0.25, 0.3) is 0 Å². The Bertz CT molecular complexity index is 766. The minimum atomic E-state index is -0.532. The van der Waals surface area contributed by atoms with Gasteiger partial charge in [-0.3, -0.25) is 9.59 Å². The van der Waals surface area contributed by atoms with Crippen LogP contribution in [0, 0.1) is 0 Å². The SMILES string of the molecule is CC(C)NC(=O)[C@H](C)N(Cc1ccc(Br)cc1)C(=O)CSCc1ccccc1. The second-order valence-corrected chi connectivity index (χ2v) is 8.87. The Morgan fingerprint density at radius 1 is 1.00 bits per heavy atom. The molecule has 2 rings (SSSR count). The minimum absolute atomic E-state index is 0.0322. The van der Waals surface area contributed by atoms with Gasteiger partial charge in [-0.2, -0.15) is 0 Å². The van der Waals surface area contributed by atoms with Gasteiger partial charge in [0.05, 0.1) is 5.75 Å². The molecule has 1 atom stereocenters. The molecule has 0 unspecified atom stereocenters. The second-order valence-electron chi connectivity index (χ2n) is 6.97. The molecule has 0 aliphatic carbocycles. The number of hydrogen-bond donors (Lipinski definition) is 1. The molecule has 0 saturated carbocycles. The molecule has 4 nitrogen and oxygen atoms in total. The van der Waals surface area contributed by atoms with Crippen molar-refractivity contribution in [2.75, 3.05) is 5.75 Å². The van der Waals surface area contributed by atoms with Gasteiger partial charge < -0.3 is 10.2 Å². The Hall–Kier alpha value is -1.79. The van der Waals surface area contributed by atoms with Gasteiger partial charge in [-0.1, -0.05) is 58.4 Å². The van der Waals surface area contributed by atoms with Crippen LogP contribution in [-0.2, 0) is 21.9 Å². The quantitative estimate of drug-likeness (QED) is 0.590. The fourth-order valence-electron chi connectivity index (χ4n) is 2.69. The Morgan fingerprint density at radius 3 is 2.25 bits per heavy atom. The number of carbonyl (C=O) groups is 2. The van der Waals surface area contributed by atoms with E-state index in [4.69, 9.17) is 0 Å². The first-order valence-corrected chi connectivity index (χ1v) is 11.3. The molecular formula is C22H27BrN2O2S. The highest BCUT2D eigenvalue weighted by Crippen LogP contribution is 2.17. The fourth-order valence-corrected chi connectivity index (χ4v) is 3.82. The van der Waals surface area contributed by atoms with E-state index in [1.54, 1.807) is 23.6 Å². The Balaban J connectivity index is 2.05. The molecular weight excluding hydrogens is 436 g/mol. The van der Waals surface area contributed by atoms with E-state index >= 15 is 0 Å². The van der Waals surface area contributed by atoms with E-state index in [2.05, 4.69) is 33.4 Å². The Kier molecular flexibility index (Phi) is 9.06. The van der Waals surface area contributed by atoms with E-state index < -0.39 is 6.04 Å². The van der Waals surface area contributed by atoms with Crippen LogP contribution >= 0.6 is 27.7 Å². The van der Waals surface area contributed by atoms with E-state index in [-0.39, 0.29) is 17.9 Å². The highest BCUT2D eigenvalue weighted by molar-refractivity contribution is 9.10. The second kappa shape index (κ2) is 11.3. The van der Waals surface area contributed by atoms with Crippen LogP contribution in [0.25, 0.3) is 0 Å². The van der Waals surface area contributed by atoms with Crippen LogP contribution in [0.2, 0.25) is 0 Å². The van der Waals surface area contributed by atoms with Gasteiger partial charge in [0.15, 0.2) is 0 Å². The van der Waals surface area contributed by atoms with Gasteiger partial charge in [0.2, 0.25) is 11.8 Å². The van der Waals surface area contributed by atoms with Crippen molar-refractivity contribution in [1.82, 2.24) is 10.2 Å². The van der Waals surface area contributed by atoms with Gasteiger partial charge in [0.1, 0.15) is 6.04 Å². The van der Waals surface area contributed by atoms with Gasteiger partial charge in [-0.15, -0.1) is 11.8 Å². The number of benzene rings is 2. The fraction of sp³-hybridized carbons (Fsp3) is 0.364. The lowest BCUT2D eigenvalue weighted by molar-refractivity contribution is -0.138. The molecule has 0 spiro atoms. The largest absolute Gasteiger partial charge is 0.352 e. The predicted octanol–water partition coefficient (Wildman–Crippen LogP) is 4.62. The number of nitrogens with one attached hydrogen (secondary N) is 1. The maximum atomic E-state index is 13.0. The maximum absolute atomic E-state index is 13.0. The minimum Gasteiger partial charge on any atom is -0.352 e. The zero-order valence-electron chi connectivity index (χ0n) is 16.5. The molecule has 2 aromatic carbocycles. The molecule has 0 aliphatic rings. The lowest BCUT2D eigenvalue weighted by Gasteiger charge is -2.29. The zero-order valence-corrected chi connectivity index (χ0v) is 18.9. The van der Waals surface area contributed by atoms with E-state index in [0.29, 0.717) is 12.3 Å². The third kappa shape index (κ3) is 7.32. The summed E-state index contributed by atoms with van der Waals surface area (Å²) in [6, 6.07) is 17.4. The number of nitrogens with zero attached hydrogens (tertiary/aromatic N) is 1. The van der Waals surface area contributed by atoms with Crippen LogP contribution in [0.5, 0.6) is 0 Å². The summed E-state index contributed by atoms with van der Waals surface area (Å²) in [5, 5.41) is 2.91. The standard InChI is InChI=1S/C22H27BrN2O2S/c1-16(2)24-22(27)17(3)25(13-18-9-11-20(23)12-10-18)21(26)15-28-14-19-7-5-4-6-8-19/h4-12,16-17H,13-15H2,1-3H3,(H,24,27)/t17-/m0/s1. The lowest BCUT2D eigenvalue weighted by atomic mass is 10.1. The molecule has 28 heavy (non-hydrogen) atoms. The average Bonchev–Trinajstić information content (AvgIpc) is 2.67. The van der Waals surface area contributed by atoms with Crippen LogP contribution in [0.3, 0.4) is 0 Å². The molecule has 0 heterocycles. The smallest absolute Gasteiger partial charge is 0.242 e.